The average molecular weight is 593 g/mol. The van der Waals surface area contributed by atoms with Gasteiger partial charge in [0.1, 0.15) is 12.4 Å². The molecular weight excluding hydrogens is 560 g/mol. The van der Waals surface area contributed by atoms with Crippen molar-refractivity contribution in [3.63, 3.8) is 0 Å². The van der Waals surface area contributed by atoms with Gasteiger partial charge in [-0.3, -0.25) is 0 Å². The van der Waals surface area contributed by atoms with E-state index in [4.69, 9.17) is 4.74 Å². The first-order valence-corrected chi connectivity index (χ1v) is 15.6. The molecular formula is C43H32N2O. The van der Waals surface area contributed by atoms with Gasteiger partial charge in [-0.1, -0.05) is 121 Å². The number of ether oxygens (including phenoxy) is 1. The maximum absolute atomic E-state index is 6.44. The van der Waals surface area contributed by atoms with Gasteiger partial charge in [0.2, 0.25) is 0 Å². The molecule has 0 saturated heterocycles. The summed E-state index contributed by atoms with van der Waals surface area (Å²) in [6, 6.07) is 59.7. The van der Waals surface area contributed by atoms with Gasteiger partial charge < -0.3 is 14.5 Å². The van der Waals surface area contributed by atoms with Gasteiger partial charge in [-0.15, -0.1) is 0 Å². The minimum Gasteiger partial charge on any atom is -0.487 e. The van der Waals surface area contributed by atoms with Crippen molar-refractivity contribution in [2.45, 2.75) is 6.10 Å². The molecule has 3 nitrogen and oxygen atoms in total. The molecule has 0 N–H and O–H groups in total. The summed E-state index contributed by atoms with van der Waals surface area (Å²) >= 11 is 0. The number of allylic oxidation sites excluding steroid dienone is 1. The van der Waals surface area contributed by atoms with E-state index in [9.17, 15) is 0 Å². The Hall–Kier alpha value is -6.06. The molecule has 1 aliphatic heterocycles. The standard InChI is InChI=1S/C43H32N2O/c1-3-17-35(18-4-1)44(41-23-11-15-32-13-7-9-21-39(32)41)37-27-25-34(26-28-37)43-30-29-38(31-46-43)45(36-19-5-2-6-20-36)42-24-12-16-33-14-8-10-22-40(33)42/h1-31,43H. The van der Waals surface area contributed by atoms with E-state index in [1.807, 2.05) is 12.3 Å². The van der Waals surface area contributed by atoms with Crippen LogP contribution in [0.4, 0.5) is 28.4 Å². The molecule has 0 fully saturated rings. The van der Waals surface area contributed by atoms with Crippen LogP contribution < -0.4 is 9.80 Å². The molecule has 0 saturated carbocycles. The topological polar surface area (TPSA) is 15.7 Å². The molecule has 0 aromatic heterocycles. The lowest BCUT2D eigenvalue weighted by atomic mass is 10.0. The van der Waals surface area contributed by atoms with E-state index < -0.39 is 0 Å². The van der Waals surface area contributed by atoms with E-state index >= 15 is 0 Å². The van der Waals surface area contributed by atoms with Gasteiger partial charge in [-0.25, -0.2) is 0 Å². The fraction of sp³-hybridized carbons (Fsp3) is 0.0233. The molecule has 1 atom stereocenters. The van der Waals surface area contributed by atoms with Crippen LogP contribution in [0.1, 0.15) is 11.7 Å². The number of hydrogen-bond donors (Lipinski definition) is 0. The van der Waals surface area contributed by atoms with E-state index in [2.05, 4.69) is 186 Å². The molecule has 46 heavy (non-hydrogen) atoms. The first-order valence-electron chi connectivity index (χ1n) is 15.6. The van der Waals surface area contributed by atoms with Crippen LogP contribution in [0.3, 0.4) is 0 Å². The molecule has 0 bridgehead atoms. The van der Waals surface area contributed by atoms with Crippen LogP contribution in [-0.2, 0) is 4.74 Å². The number of anilines is 5. The highest BCUT2D eigenvalue weighted by Crippen LogP contribution is 2.41. The molecule has 1 unspecified atom stereocenters. The maximum Gasteiger partial charge on any atom is 0.142 e. The summed E-state index contributed by atoms with van der Waals surface area (Å²) in [5.41, 5.74) is 7.61. The number of para-hydroxylation sites is 2. The van der Waals surface area contributed by atoms with Crippen molar-refractivity contribution in [1.82, 2.24) is 0 Å². The third kappa shape index (κ3) is 5.18. The van der Waals surface area contributed by atoms with Crippen molar-refractivity contribution in [1.29, 1.82) is 0 Å². The lowest BCUT2D eigenvalue weighted by Gasteiger charge is -2.30. The molecule has 1 heterocycles. The zero-order valence-electron chi connectivity index (χ0n) is 25.3. The van der Waals surface area contributed by atoms with Crippen molar-refractivity contribution < 1.29 is 4.74 Å². The van der Waals surface area contributed by atoms with Gasteiger partial charge in [0, 0.05) is 27.8 Å². The van der Waals surface area contributed by atoms with Gasteiger partial charge in [-0.05, 0) is 77.0 Å². The second kappa shape index (κ2) is 12.1. The van der Waals surface area contributed by atoms with Crippen LogP contribution in [0, 0.1) is 0 Å². The summed E-state index contributed by atoms with van der Waals surface area (Å²) in [6.07, 6.45) is 6.01. The van der Waals surface area contributed by atoms with Gasteiger partial charge in [-0.2, -0.15) is 0 Å². The zero-order valence-corrected chi connectivity index (χ0v) is 25.3. The fourth-order valence-corrected chi connectivity index (χ4v) is 6.36. The average Bonchev–Trinajstić information content (AvgIpc) is 3.14. The highest BCUT2D eigenvalue weighted by Gasteiger charge is 2.21. The maximum atomic E-state index is 6.44. The SMILES string of the molecule is C1=CC(c2ccc(N(c3ccccc3)c3cccc4ccccc34)cc2)OC=C1N(c1ccccc1)c1cccc2ccccc12. The first kappa shape index (κ1) is 27.5. The quantitative estimate of drug-likeness (QED) is 0.183. The van der Waals surface area contributed by atoms with E-state index in [-0.39, 0.29) is 6.10 Å². The van der Waals surface area contributed by atoms with Crippen molar-refractivity contribution >= 4 is 50.0 Å². The van der Waals surface area contributed by atoms with Gasteiger partial charge >= 0.3 is 0 Å². The Labute approximate surface area is 269 Å². The van der Waals surface area contributed by atoms with Crippen LogP contribution in [0.25, 0.3) is 21.5 Å². The minimum absolute atomic E-state index is 0.189. The summed E-state index contributed by atoms with van der Waals surface area (Å²) in [5, 5.41) is 4.82. The van der Waals surface area contributed by atoms with Gasteiger partial charge in [0.25, 0.3) is 0 Å². The number of fused-ring (bicyclic) bond motifs is 2. The van der Waals surface area contributed by atoms with E-state index in [1.165, 1.54) is 21.5 Å². The van der Waals surface area contributed by atoms with Gasteiger partial charge in [0.05, 0.1) is 17.1 Å². The normalized spacial score (nSPS) is 14.1. The molecule has 0 aliphatic carbocycles. The molecule has 1 aliphatic rings. The van der Waals surface area contributed by atoms with Crippen LogP contribution in [0.15, 0.2) is 194 Å². The van der Waals surface area contributed by atoms with E-state index in [0.717, 1.165) is 39.7 Å². The molecule has 3 heteroatoms. The van der Waals surface area contributed by atoms with E-state index in [1.54, 1.807) is 0 Å². The van der Waals surface area contributed by atoms with E-state index in [0.29, 0.717) is 0 Å². The number of benzene rings is 7. The molecule has 7 aromatic rings. The minimum atomic E-state index is -0.189. The second-order valence-electron chi connectivity index (χ2n) is 11.4. The highest BCUT2D eigenvalue weighted by molar-refractivity contribution is 5.99. The Balaban J connectivity index is 1.11. The highest BCUT2D eigenvalue weighted by atomic mass is 16.5. The van der Waals surface area contributed by atoms with Gasteiger partial charge in [0.15, 0.2) is 0 Å². The Morgan fingerprint density at radius 3 is 1.46 bits per heavy atom. The summed E-state index contributed by atoms with van der Waals surface area (Å²) in [4.78, 5) is 4.59. The molecule has 0 spiro atoms. The Bertz CT molecular complexity index is 2180. The van der Waals surface area contributed by atoms with Crippen molar-refractivity contribution in [3.05, 3.63) is 200 Å². The van der Waals surface area contributed by atoms with Crippen LogP contribution in [0.5, 0.6) is 0 Å². The predicted molar refractivity (Wildman–Crippen MR) is 192 cm³/mol. The number of nitrogens with zero attached hydrogens (tertiary/aromatic N) is 2. The molecule has 0 amide bonds. The lowest BCUT2D eigenvalue weighted by molar-refractivity contribution is 0.183. The first-order chi connectivity index (χ1) is 22.8. The Kier molecular flexibility index (Phi) is 7.26. The lowest BCUT2D eigenvalue weighted by Crippen LogP contribution is -2.18. The molecule has 8 rings (SSSR count). The fourth-order valence-electron chi connectivity index (χ4n) is 6.36. The summed E-state index contributed by atoms with van der Waals surface area (Å²) < 4.78 is 6.44. The Morgan fingerprint density at radius 2 is 0.891 bits per heavy atom. The molecule has 7 aromatic carbocycles. The third-order valence-electron chi connectivity index (χ3n) is 8.56. The largest absolute Gasteiger partial charge is 0.487 e. The summed E-state index contributed by atoms with van der Waals surface area (Å²) in [6.45, 7) is 0. The monoisotopic (exact) mass is 592 g/mol. The third-order valence-corrected chi connectivity index (χ3v) is 8.56. The predicted octanol–water partition coefficient (Wildman–Crippen LogP) is 11.8. The van der Waals surface area contributed by atoms with Crippen LogP contribution in [0.2, 0.25) is 0 Å². The summed E-state index contributed by atoms with van der Waals surface area (Å²) in [5.74, 6) is 0. The van der Waals surface area contributed by atoms with Crippen LogP contribution in [-0.4, -0.2) is 0 Å². The number of hydrogen-bond acceptors (Lipinski definition) is 3. The Morgan fingerprint density at radius 1 is 0.413 bits per heavy atom. The molecule has 220 valence electrons. The van der Waals surface area contributed by atoms with Crippen molar-refractivity contribution in [2.24, 2.45) is 0 Å². The molecule has 0 radical (unpaired) electrons. The second-order valence-corrected chi connectivity index (χ2v) is 11.4. The number of rotatable bonds is 7. The smallest absolute Gasteiger partial charge is 0.142 e. The van der Waals surface area contributed by atoms with Crippen molar-refractivity contribution in [2.75, 3.05) is 9.80 Å². The van der Waals surface area contributed by atoms with Crippen molar-refractivity contribution in [3.8, 4) is 0 Å². The van der Waals surface area contributed by atoms with Crippen LogP contribution >= 0.6 is 0 Å². The zero-order chi connectivity index (χ0) is 30.7. The summed E-state index contributed by atoms with van der Waals surface area (Å²) in [7, 11) is 0.